The van der Waals surface area contributed by atoms with E-state index >= 15 is 0 Å². The van der Waals surface area contributed by atoms with Crippen LogP contribution in [0.25, 0.3) is 0 Å². The second-order valence-electron chi connectivity index (χ2n) is 5.29. The summed E-state index contributed by atoms with van der Waals surface area (Å²) in [5.41, 5.74) is 0. The van der Waals surface area contributed by atoms with Crippen LogP contribution in [-0.4, -0.2) is 34.6 Å². The maximum absolute atomic E-state index is 11.3. The Kier molecular flexibility index (Phi) is 6.56. The Hall–Kier alpha value is -0.570. The van der Waals surface area contributed by atoms with Gasteiger partial charge in [0, 0.05) is 6.04 Å². The third-order valence-electron chi connectivity index (χ3n) is 3.87. The van der Waals surface area contributed by atoms with E-state index in [4.69, 9.17) is 0 Å². The lowest BCUT2D eigenvalue weighted by molar-refractivity contribution is -0.144. The van der Waals surface area contributed by atoms with Gasteiger partial charge >= 0.3 is 5.97 Å². The van der Waals surface area contributed by atoms with E-state index in [-0.39, 0.29) is 6.04 Å². The van der Waals surface area contributed by atoms with Crippen molar-refractivity contribution in [2.24, 2.45) is 0 Å². The van der Waals surface area contributed by atoms with Crippen LogP contribution in [-0.2, 0) is 4.79 Å². The molecule has 0 aromatic heterocycles. The largest absolute Gasteiger partial charge is 0.480 e. The lowest BCUT2D eigenvalue weighted by atomic mass is 10.0. The van der Waals surface area contributed by atoms with Gasteiger partial charge in [0.25, 0.3) is 0 Å². The minimum absolute atomic E-state index is 0.242. The van der Waals surface area contributed by atoms with Gasteiger partial charge in [-0.05, 0) is 32.7 Å². The zero-order valence-corrected chi connectivity index (χ0v) is 11.3. The Morgan fingerprint density at radius 1 is 1.35 bits per heavy atom. The molecular formula is C14H27NO2. The summed E-state index contributed by atoms with van der Waals surface area (Å²) in [6.45, 7) is 5.36. The molecule has 1 saturated heterocycles. The summed E-state index contributed by atoms with van der Waals surface area (Å²) >= 11 is 0. The van der Waals surface area contributed by atoms with E-state index in [0.29, 0.717) is 6.04 Å². The van der Waals surface area contributed by atoms with Crippen molar-refractivity contribution in [3.05, 3.63) is 0 Å². The van der Waals surface area contributed by atoms with Gasteiger partial charge in [-0.2, -0.15) is 0 Å². The molecular weight excluding hydrogens is 214 g/mol. The number of carboxylic acids is 1. The molecule has 0 bridgehead atoms. The van der Waals surface area contributed by atoms with Gasteiger partial charge in [0.2, 0.25) is 0 Å². The van der Waals surface area contributed by atoms with Crippen LogP contribution in [0.4, 0.5) is 0 Å². The maximum atomic E-state index is 11.3. The Labute approximate surface area is 105 Å². The number of nitrogens with zero attached hydrogens (tertiary/aromatic N) is 1. The molecule has 0 amide bonds. The molecule has 17 heavy (non-hydrogen) atoms. The molecule has 0 saturated carbocycles. The number of likely N-dealkylation sites (tertiary alicyclic amines) is 1. The molecule has 1 fully saturated rings. The van der Waals surface area contributed by atoms with E-state index in [9.17, 15) is 9.90 Å². The third-order valence-corrected chi connectivity index (χ3v) is 3.87. The molecule has 1 N–H and O–H groups in total. The number of rotatable bonds is 6. The van der Waals surface area contributed by atoms with Gasteiger partial charge in [-0.3, -0.25) is 9.69 Å². The standard InChI is InChI=1S/C14H27NO2/c1-3-4-6-9-12(2)15-11-8-5-7-10-13(15)14(16)17/h12-13H,3-11H2,1-2H3,(H,16,17). The molecule has 2 unspecified atom stereocenters. The van der Waals surface area contributed by atoms with E-state index in [1.165, 1.54) is 25.7 Å². The first-order chi connectivity index (χ1) is 8.16. The normalized spacial score (nSPS) is 24.2. The molecule has 1 aliphatic heterocycles. The first-order valence-electron chi connectivity index (χ1n) is 7.15. The van der Waals surface area contributed by atoms with E-state index in [1.54, 1.807) is 0 Å². The zero-order valence-electron chi connectivity index (χ0n) is 11.3. The summed E-state index contributed by atoms with van der Waals surface area (Å²) in [6.07, 6.45) is 9.08. The molecule has 1 heterocycles. The molecule has 1 rings (SSSR count). The van der Waals surface area contributed by atoms with Crippen LogP contribution < -0.4 is 0 Å². The SMILES string of the molecule is CCCCCC(C)N1CCCCCC1C(=O)O. The van der Waals surface area contributed by atoms with Crippen molar-refractivity contribution in [1.29, 1.82) is 0 Å². The number of aliphatic carboxylic acids is 1. The first-order valence-corrected chi connectivity index (χ1v) is 7.15. The average Bonchev–Trinajstić information content (AvgIpc) is 2.54. The average molecular weight is 241 g/mol. The van der Waals surface area contributed by atoms with Gasteiger partial charge < -0.3 is 5.11 Å². The van der Waals surface area contributed by atoms with Gasteiger partial charge in [0.05, 0.1) is 0 Å². The predicted octanol–water partition coefficient (Wildman–Crippen LogP) is 3.28. The quantitative estimate of drug-likeness (QED) is 0.725. The van der Waals surface area contributed by atoms with Crippen molar-refractivity contribution in [2.75, 3.05) is 6.54 Å². The van der Waals surface area contributed by atoms with Gasteiger partial charge in [0.15, 0.2) is 0 Å². The Morgan fingerprint density at radius 3 is 2.76 bits per heavy atom. The second kappa shape index (κ2) is 7.70. The highest BCUT2D eigenvalue weighted by Gasteiger charge is 2.29. The minimum Gasteiger partial charge on any atom is -0.480 e. The first kappa shape index (κ1) is 14.5. The van der Waals surface area contributed by atoms with E-state index in [2.05, 4.69) is 18.7 Å². The topological polar surface area (TPSA) is 40.5 Å². The molecule has 0 aliphatic carbocycles. The van der Waals surface area contributed by atoms with Crippen LogP contribution >= 0.6 is 0 Å². The lowest BCUT2D eigenvalue weighted by Crippen LogP contribution is -2.45. The smallest absolute Gasteiger partial charge is 0.320 e. The minimum atomic E-state index is -0.630. The van der Waals surface area contributed by atoms with Crippen molar-refractivity contribution in [3.8, 4) is 0 Å². The third kappa shape index (κ3) is 4.66. The van der Waals surface area contributed by atoms with E-state index in [0.717, 1.165) is 32.2 Å². The van der Waals surface area contributed by atoms with Gasteiger partial charge in [0.1, 0.15) is 6.04 Å². The number of carboxylic acid groups (broad SMARTS) is 1. The van der Waals surface area contributed by atoms with Crippen molar-refractivity contribution >= 4 is 5.97 Å². The van der Waals surface area contributed by atoms with Gasteiger partial charge in [-0.1, -0.05) is 39.0 Å². The second-order valence-corrected chi connectivity index (χ2v) is 5.29. The predicted molar refractivity (Wildman–Crippen MR) is 70.2 cm³/mol. The van der Waals surface area contributed by atoms with Crippen LogP contribution in [0.2, 0.25) is 0 Å². The molecule has 3 nitrogen and oxygen atoms in total. The van der Waals surface area contributed by atoms with E-state index in [1.807, 2.05) is 0 Å². The maximum Gasteiger partial charge on any atom is 0.320 e. The fraction of sp³-hybridized carbons (Fsp3) is 0.929. The molecule has 1 aliphatic rings. The van der Waals surface area contributed by atoms with Crippen LogP contribution in [0.5, 0.6) is 0 Å². The zero-order chi connectivity index (χ0) is 12.7. The molecule has 0 aromatic rings. The highest BCUT2D eigenvalue weighted by Crippen LogP contribution is 2.21. The van der Waals surface area contributed by atoms with Crippen molar-refractivity contribution in [2.45, 2.75) is 77.3 Å². The fourth-order valence-electron chi connectivity index (χ4n) is 2.78. The molecule has 0 spiro atoms. The Balaban J connectivity index is 2.52. The monoisotopic (exact) mass is 241 g/mol. The molecule has 0 aromatic carbocycles. The molecule has 100 valence electrons. The Bertz CT molecular complexity index is 230. The lowest BCUT2D eigenvalue weighted by Gasteiger charge is -2.32. The molecule has 0 radical (unpaired) electrons. The Morgan fingerprint density at radius 2 is 2.12 bits per heavy atom. The number of hydrogen-bond acceptors (Lipinski definition) is 2. The summed E-state index contributed by atoms with van der Waals surface area (Å²) in [7, 11) is 0. The summed E-state index contributed by atoms with van der Waals surface area (Å²) in [6, 6.07) is 0.176. The van der Waals surface area contributed by atoms with Gasteiger partial charge in [-0.15, -0.1) is 0 Å². The summed E-state index contributed by atoms with van der Waals surface area (Å²) in [5, 5.41) is 9.31. The number of carbonyl (C=O) groups is 1. The van der Waals surface area contributed by atoms with Crippen LogP contribution in [0.1, 0.15) is 65.2 Å². The van der Waals surface area contributed by atoms with Crippen LogP contribution in [0.15, 0.2) is 0 Å². The summed E-state index contributed by atoms with van der Waals surface area (Å²) < 4.78 is 0. The molecule has 3 heteroatoms. The highest BCUT2D eigenvalue weighted by molar-refractivity contribution is 5.73. The summed E-state index contributed by atoms with van der Waals surface area (Å²) in [4.78, 5) is 13.5. The summed E-state index contributed by atoms with van der Waals surface area (Å²) in [5.74, 6) is -0.630. The van der Waals surface area contributed by atoms with Gasteiger partial charge in [-0.25, -0.2) is 0 Å². The van der Waals surface area contributed by atoms with E-state index < -0.39 is 5.97 Å². The van der Waals surface area contributed by atoms with Crippen LogP contribution in [0, 0.1) is 0 Å². The molecule has 2 atom stereocenters. The fourth-order valence-corrected chi connectivity index (χ4v) is 2.78. The number of hydrogen-bond donors (Lipinski definition) is 1. The van der Waals surface area contributed by atoms with Crippen LogP contribution in [0.3, 0.4) is 0 Å². The number of unbranched alkanes of at least 4 members (excludes halogenated alkanes) is 2. The van der Waals surface area contributed by atoms with Crippen molar-refractivity contribution in [1.82, 2.24) is 4.90 Å². The highest BCUT2D eigenvalue weighted by atomic mass is 16.4. The van der Waals surface area contributed by atoms with Crippen molar-refractivity contribution in [3.63, 3.8) is 0 Å². The van der Waals surface area contributed by atoms with Crippen molar-refractivity contribution < 1.29 is 9.90 Å².